The predicted molar refractivity (Wildman–Crippen MR) is 111 cm³/mol. The van der Waals surface area contributed by atoms with Gasteiger partial charge in [-0.25, -0.2) is 10.2 Å². The van der Waals surface area contributed by atoms with E-state index in [1.165, 1.54) is 12.3 Å². The summed E-state index contributed by atoms with van der Waals surface area (Å²) in [5.41, 5.74) is 3.46. The van der Waals surface area contributed by atoms with E-state index in [9.17, 15) is 9.90 Å². The minimum Gasteiger partial charge on any atom is -0.478 e. The minimum atomic E-state index is -1.01. The number of hydrogen-bond donors (Lipinski definition) is 2. The quantitative estimate of drug-likeness (QED) is 0.516. The van der Waals surface area contributed by atoms with Gasteiger partial charge in [-0.3, -0.25) is 0 Å². The van der Waals surface area contributed by atoms with Crippen LogP contribution in [-0.4, -0.2) is 84.8 Å². The van der Waals surface area contributed by atoms with Crippen LogP contribution in [-0.2, 0) is 9.47 Å². The van der Waals surface area contributed by atoms with Gasteiger partial charge in [-0.1, -0.05) is 18.2 Å². The van der Waals surface area contributed by atoms with Gasteiger partial charge in [0, 0.05) is 31.7 Å². The largest absolute Gasteiger partial charge is 0.478 e. The van der Waals surface area contributed by atoms with E-state index < -0.39 is 5.97 Å². The molecule has 2 saturated heterocycles. The molecule has 0 unspecified atom stereocenters. The standard InChI is InChI=1S/C19H23N7O4/c27-16(28)15-4-2-1-3-14(15)13-20-24-17-21-18(25-5-9-29-10-6-25)23-19(22-17)26-7-11-30-12-8-26/h1-4,13H,5-12H2,(H,27,28)(H,21,22,23,24). The number of aromatic carboxylic acids is 1. The van der Waals surface area contributed by atoms with Gasteiger partial charge >= 0.3 is 5.97 Å². The van der Waals surface area contributed by atoms with Crippen LogP contribution in [0.1, 0.15) is 15.9 Å². The number of morpholine rings is 2. The van der Waals surface area contributed by atoms with Gasteiger partial charge in [0.15, 0.2) is 0 Å². The highest BCUT2D eigenvalue weighted by atomic mass is 16.5. The Kier molecular flexibility index (Phi) is 6.30. The molecule has 2 aliphatic heterocycles. The summed E-state index contributed by atoms with van der Waals surface area (Å²) in [6, 6.07) is 6.63. The van der Waals surface area contributed by atoms with Gasteiger partial charge in [-0.05, 0) is 6.07 Å². The van der Waals surface area contributed by atoms with Gasteiger partial charge in [0.25, 0.3) is 0 Å². The van der Waals surface area contributed by atoms with Crippen LogP contribution in [0.3, 0.4) is 0 Å². The first-order chi connectivity index (χ1) is 14.7. The van der Waals surface area contributed by atoms with Crippen LogP contribution in [0.4, 0.5) is 17.8 Å². The maximum atomic E-state index is 11.3. The fourth-order valence-corrected chi connectivity index (χ4v) is 3.18. The molecule has 158 valence electrons. The topological polar surface area (TPSA) is 125 Å². The Bertz CT molecular complexity index is 875. The zero-order valence-electron chi connectivity index (χ0n) is 16.4. The summed E-state index contributed by atoms with van der Waals surface area (Å²) in [5, 5.41) is 13.4. The van der Waals surface area contributed by atoms with Crippen molar-refractivity contribution in [3.63, 3.8) is 0 Å². The molecule has 0 atom stereocenters. The van der Waals surface area contributed by atoms with E-state index in [1.807, 2.05) is 9.80 Å². The average Bonchev–Trinajstić information content (AvgIpc) is 2.80. The number of hydrazone groups is 1. The van der Waals surface area contributed by atoms with E-state index in [0.717, 1.165) is 0 Å². The first-order valence-corrected chi connectivity index (χ1v) is 9.73. The second-order valence-electron chi connectivity index (χ2n) is 6.72. The van der Waals surface area contributed by atoms with E-state index in [0.29, 0.717) is 70.1 Å². The van der Waals surface area contributed by atoms with E-state index in [1.54, 1.807) is 18.2 Å². The summed E-state index contributed by atoms with van der Waals surface area (Å²) in [5.74, 6) is 0.385. The molecule has 0 spiro atoms. The molecule has 1 aromatic carbocycles. The van der Waals surface area contributed by atoms with Crippen molar-refractivity contribution < 1.29 is 19.4 Å². The van der Waals surface area contributed by atoms with Crippen LogP contribution in [0.5, 0.6) is 0 Å². The van der Waals surface area contributed by atoms with Crippen molar-refractivity contribution in [1.82, 2.24) is 15.0 Å². The third kappa shape index (κ3) is 4.81. The number of anilines is 3. The van der Waals surface area contributed by atoms with Gasteiger partial charge in [0.05, 0.1) is 38.2 Å². The van der Waals surface area contributed by atoms with Crippen LogP contribution >= 0.6 is 0 Å². The highest BCUT2D eigenvalue weighted by Crippen LogP contribution is 2.18. The minimum absolute atomic E-state index is 0.168. The maximum absolute atomic E-state index is 11.3. The fourth-order valence-electron chi connectivity index (χ4n) is 3.18. The number of benzene rings is 1. The third-order valence-corrected chi connectivity index (χ3v) is 4.76. The zero-order valence-corrected chi connectivity index (χ0v) is 16.4. The summed E-state index contributed by atoms with van der Waals surface area (Å²) in [6.45, 7) is 5.25. The lowest BCUT2D eigenvalue weighted by Crippen LogP contribution is -2.40. The SMILES string of the molecule is O=C(O)c1ccccc1C=NNc1nc(N2CCOCC2)nc(N2CCOCC2)n1. The van der Waals surface area contributed by atoms with Crippen LogP contribution < -0.4 is 15.2 Å². The normalized spacial score (nSPS) is 17.3. The summed E-state index contributed by atoms with van der Waals surface area (Å²) >= 11 is 0. The van der Waals surface area contributed by atoms with Crippen LogP contribution in [0.2, 0.25) is 0 Å². The summed E-state index contributed by atoms with van der Waals surface area (Å²) in [7, 11) is 0. The van der Waals surface area contributed by atoms with E-state index in [2.05, 4.69) is 25.5 Å². The van der Waals surface area contributed by atoms with Gasteiger partial charge in [-0.2, -0.15) is 20.1 Å². The van der Waals surface area contributed by atoms with E-state index in [4.69, 9.17) is 9.47 Å². The Balaban J connectivity index is 1.57. The number of ether oxygens (including phenoxy) is 2. The molecule has 0 aliphatic carbocycles. The number of carboxylic acids is 1. The second-order valence-corrected chi connectivity index (χ2v) is 6.72. The Morgan fingerprint density at radius 1 is 0.967 bits per heavy atom. The molecule has 2 aliphatic rings. The monoisotopic (exact) mass is 413 g/mol. The average molecular weight is 413 g/mol. The first-order valence-electron chi connectivity index (χ1n) is 9.73. The number of aromatic nitrogens is 3. The van der Waals surface area contributed by atoms with Gasteiger partial charge in [0.1, 0.15) is 0 Å². The molecular formula is C19H23N7O4. The van der Waals surface area contributed by atoms with Crippen molar-refractivity contribution in [3.8, 4) is 0 Å². The molecule has 30 heavy (non-hydrogen) atoms. The Labute approximate surface area is 173 Å². The zero-order chi connectivity index (χ0) is 20.8. The molecule has 3 heterocycles. The summed E-state index contributed by atoms with van der Waals surface area (Å²) in [6.07, 6.45) is 1.44. The highest BCUT2D eigenvalue weighted by Gasteiger charge is 2.20. The lowest BCUT2D eigenvalue weighted by molar-refractivity contribution is 0.0696. The Morgan fingerprint density at radius 3 is 2.10 bits per heavy atom. The molecule has 0 bridgehead atoms. The first kappa shape index (κ1) is 20.0. The number of rotatable bonds is 6. The molecule has 11 nitrogen and oxygen atoms in total. The molecule has 1 aromatic heterocycles. The van der Waals surface area contributed by atoms with Gasteiger partial charge in [0.2, 0.25) is 17.8 Å². The molecule has 11 heteroatoms. The second kappa shape index (κ2) is 9.46. The number of carbonyl (C=O) groups is 1. The van der Waals surface area contributed by atoms with Crippen LogP contribution in [0.15, 0.2) is 29.4 Å². The van der Waals surface area contributed by atoms with Crippen molar-refractivity contribution in [2.45, 2.75) is 0 Å². The van der Waals surface area contributed by atoms with Crippen molar-refractivity contribution >= 4 is 30.0 Å². The molecular weight excluding hydrogens is 390 g/mol. The molecule has 0 saturated carbocycles. The van der Waals surface area contributed by atoms with E-state index in [-0.39, 0.29) is 11.5 Å². The Hall–Kier alpha value is -3.31. The number of nitrogens with one attached hydrogen (secondary N) is 1. The number of hydrogen-bond acceptors (Lipinski definition) is 10. The maximum Gasteiger partial charge on any atom is 0.336 e. The van der Waals surface area contributed by atoms with Crippen LogP contribution in [0.25, 0.3) is 0 Å². The van der Waals surface area contributed by atoms with Crippen molar-refractivity contribution in [2.24, 2.45) is 5.10 Å². The van der Waals surface area contributed by atoms with E-state index >= 15 is 0 Å². The number of carboxylic acid groups (broad SMARTS) is 1. The summed E-state index contributed by atoms with van der Waals surface area (Å²) in [4.78, 5) is 29.1. The molecule has 4 rings (SSSR count). The van der Waals surface area contributed by atoms with Gasteiger partial charge < -0.3 is 24.4 Å². The molecule has 0 amide bonds. The van der Waals surface area contributed by atoms with Gasteiger partial charge in [-0.15, -0.1) is 0 Å². The molecule has 0 radical (unpaired) electrons. The lowest BCUT2D eigenvalue weighted by atomic mass is 10.1. The lowest BCUT2D eigenvalue weighted by Gasteiger charge is -2.30. The van der Waals surface area contributed by atoms with Crippen molar-refractivity contribution in [1.29, 1.82) is 0 Å². The van der Waals surface area contributed by atoms with Crippen LogP contribution in [0, 0.1) is 0 Å². The molecule has 2 N–H and O–H groups in total. The third-order valence-electron chi connectivity index (χ3n) is 4.76. The predicted octanol–water partition coefficient (Wildman–Crippen LogP) is 0.689. The fraction of sp³-hybridized carbons (Fsp3) is 0.421. The highest BCUT2D eigenvalue weighted by molar-refractivity contribution is 5.98. The van der Waals surface area contributed by atoms with Crippen molar-refractivity contribution in [3.05, 3.63) is 35.4 Å². The smallest absolute Gasteiger partial charge is 0.336 e. The Morgan fingerprint density at radius 2 is 1.53 bits per heavy atom. The summed E-state index contributed by atoms with van der Waals surface area (Å²) < 4.78 is 10.8. The molecule has 2 aromatic rings. The van der Waals surface area contributed by atoms with Crippen molar-refractivity contribution in [2.75, 3.05) is 67.8 Å². The molecule has 2 fully saturated rings. The number of nitrogens with zero attached hydrogens (tertiary/aromatic N) is 6.